The number of aromatic nitrogens is 1. The van der Waals surface area contributed by atoms with Gasteiger partial charge in [0.25, 0.3) is 0 Å². The van der Waals surface area contributed by atoms with Crippen molar-refractivity contribution in [1.82, 2.24) is 4.57 Å². The van der Waals surface area contributed by atoms with Crippen LogP contribution in [0.4, 0.5) is 0 Å². The topological polar surface area (TPSA) is 4.93 Å². The van der Waals surface area contributed by atoms with Gasteiger partial charge in [-0.2, -0.15) is 0 Å². The Kier molecular flexibility index (Phi) is 5.13. The van der Waals surface area contributed by atoms with E-state index < -0.39 is 0 Å². The molecule has 7 aromatic carbocycles. The molecule has 2 heterocycles. The first-order valence-corrected chi connectivity index (χ1v) is 15.2. The summed E-state index contributed by atoms with van der Waals surface area (Å²) in [6, 6.07) is 55.3. The SMILES string of the molecule is c1ccc(-c2c3ccccc3c(-c3ccc4c(c3)c3c5ccccc5sc3n4-c3ccccc3)c3ccccc23)cc1. The zero-order chi connectivity index (χ0) is 27.6. The minimum absolute atomic E-state index is 1.19. The summed E-state index contributed by atoms with van der Waals surface area (Å²) in [6.07, 6.45) is 0. The lowest BCUT2D eigenvalue weighted by molar-refractivity contribution is 1.19. The van der Waals surface area contributed by atoms with E-state index >= 15 is 0 Å². The van der Waals surface area contributed by atoms with Gasteiger partial charge in [-0.05, 0) is 74.1 Å². The molecule has 42 heavy (non-hydrogen) atoms. The van der Waals surface area contributed by atoms with Crippen molar-refractivity contribution in [2.45, 2.75) is 0 Å². The summed E-state index contributed by atoms with van der Waals surface area (Å²) in [5.74, 6) is 0. The number of rotatable bonds is 3. The lowest BCUT2D eigenvalue weighted by Crippen LogP contribution is -1.93. The Morgan fingerprint density at radius 3 is 1.57 bits per heavy atom. The molecule has 196 valence electrons. The van der Waals surface area contributed by atoms with Crippen molar-refractivity contribution in [3.63, 3.8) is 0 Å². The molecule has 0 spiro atoms. The van der Waals surface area contributed by atoms with Crippen LogP contribution in [-0.4, -0.2) is 4.57 Å². The molecular formula is C40H25NS. The molecule has 0 aliphatic rings. The van der Waals surface area contributed by atoms with Crippen LogP contribution in [0.15, 0.2) is 152 Å². The molecule has 9 aromatic rings. The van der Waals surface area contributed by atoms with Crippen molar-refractivity contribution in [3.05, 3.63) is 152 Å². The Hall–Kier alpha value is -5.18. The molecular weight excluding hydrogens is 527 g/mol. The van der Waals surface area contributed by atoms with Crippen molar-refractivity contribution >= 4 is 64.1 Å². The molecule has 0 aliphatic carbocycles. The zero-order valence-electron chi connectivity index (χ0n) is 22.8. The van der Waals surface area contributed by atoms with Crippen LogP contribution in [0.5, 0.6) is 0 Å². The molecule has 2 aromatic heterocycles. The highest BCUT2D eigenvalue weighted by molar-refractivity contribution is 7.25. The van der Waals surface area contributed by atoms with Gasteiger partial charge >= 0.3 is 0 Å². The van der Waals surface area contributed by atoms with Crippen LogP contribution in [0.2, 0.25) is 0 Å². The normalized spacial score (nSPS) is 11.8. The van der Waals surface area contributed by atoms with Crippen LogP contribution in [0, 0.1) is 0 Å². The first kappa shape index (κ1) is 23.5. The minimum Gasteiger partial charge on any atom is -0.301 e. The maximum Gasteiger partial charge on any atom is 0.109 e. The molecule has 0 saturated heterocycles. The monoisotopic (exact) mass is 551 g/mol. The maximum absolute atomic E-state index is 2.44. The van der Waals surface area contributed by atoms with Gasteiger partial charge in [-0.25, -0.2) is 0 Å². The molecule has 0 aliphatic heterocycles. The molecule has 0 radical (unpaired) electrons. The number of fused-ring (bicyclic) bond motifs is 7. The predicted octanol–water partition coefficient (Wildman–Crippen LogP) is 11.6. The van der Waals surface area contributed by atoms with E-state index in [0.29, 0.717) is 0 Å². The third kappa shape index (κ3) is 3.36. The summed E-state index contributed by atoms with van der Waals surface area (Å²) in [4.78, 5) is 1.30. The van der Waals surface area contributed by atoms with E-state index in [2.05, 4.69) is 156 Å². The molecule has 0 fully saturated rings. The first-order valence-electron chi connectivity index (χ1n) is 14.4. The summed E-state index contributed by atoms with van der Waals surface area (Å²) in [5.41, 5.74) is 7.53. The molecule has 0 unspecified atom stereocenters. The van der Waals surface area contributed by atoms with Gasteiger partial charge in [-0.15, -0.1) is 11.3 Å². The van der Waals surface area contributed by atoms with Crippen LogP contribution >= 0.6 is 11.3 Å². The lowest BCUT2D eigenvalue weighted by atomic mass is 9.86. The third-order valence-electron chi connectivity index (χ3n) is 8.58. The second-order valence-electron chi connectivity index (χ2n) is 10.9. The highest BCUT2D eigenvalue weighted by Gasteiger charge is 2.20. The number of benzene rings is 7. The predicted molar refractivity (Wildman–Crippen MR) is 182 cm³/mol. The fraction of sp³-hybridized carbons (Fsp3) is 0. The number of para-hydroxylation sites is 1. The molecule has 0 saturated carbocycles. The molecule has 2 heteroatoms. The molecule has 1 nitrogen and oxygen atoms in total. The quantitative estimate of drug-likeness (QED) is 0.192. The molecule has 0 bridgehead atoms. The van der Waals surface area contributed by atoms with Crippen molar-refractivity contribution in [2.75, 3.05) is 0 Å². The summed E-state index contributed by atoms with van der Waals surface area (Å²) >= 11 is 1.88. The number of hydrogen-bond donors (Lipinski definition) is 0. The van der Waals surface area contributed by atoms with Gasteiger partial charge in [0.1, 0.15) is 4.83 Å². The van der Waals surface area contributed by atoms with Crippen LogP contribution in [-0.2, 0) is 0 Å². The second kappa shape index (κ2) is 9.17. The smallest absolute Gasteiger partial charge is 0.109 e. The van der Waals surface area contributed by atoms with E-state index in [1.54, 1.807) is 0 Å². The largest absolute Gasteiger partial charge is 0.301 e. The van der Waals surface area contributed by atoms with Gasteiger partial charge in [-0.3, -0.25) is 0 Å². The van der Waals surface area contributed by atoms with E-state index in [9.17, 15) is 0 Å². The number of nitrogens with zero attached hydrogens (tertiary/aromatic N) is 1. The maximum atomic E-state index is 2.44. The Balaban J connectivity index is 1.42. The van der Waals surface area contributed by atoms with Crippen molar-refractivity contribution in [1.29, 1.82) is 0 Å². The van der Waals surface area contributed by atoms with E-state index in [1.807, 2.05) is 11.3 Å². The summed E-state index contributed by atoms with van der Waals surface area (Å²) in [5, 5.41) is 9.08. The highest BCUT2D eigenvalue weighted by Crippen LogP contribution is 2.47. The molecule has 0 N–H and O–H groups in total. The van der Waals surface area contributed by atoms with E-state index in [1.165, 1.54) is 80.7 Å². The van der Waals surface area contributed by atoms with Crippen molar-refractivity contribution in [3.8, 4) is 27.9 Å². The number of thiophene rings is 1. The molecule has 0 amide bonds. The van der Waals surface area contributed by atoms with Crippen LogP contribution in [0.25, 0.3) is 80.7 Å². The van der Waals surface area contributed by atoms with Gasteiger partial charge in [0.2, 0.25) is 0 Å². The lowest BCUT2D eigenvalue weighted by Gasteiger charge is -2.18. The average molecular weight is 552 g/mol. The van der Waals surface area contributed by atoms with Gasteiger partial charge in [0.05, 0.1) is 5.52 Å². The van der Waals surface area contributed by atoms with Gasteiger partial charge in [0, 0.05) is 26.5 Å². The van der Waals surface area contributed by atoms with Gasteiger partial charge in [-0.1, -0.05) is 121 Å². The van der Waals surface area contributed by atoms with E-state index in [4.69, 9.17) is 0 Å². The van der Waals surface area contributed by atoms with E-state index in [-0.39, 0.29) is 0 Å². The Morgan fingerprint density at radius 1 is 0.405 bits per heavy atom. The Morgan fingerprint density at radius 2 is 0.929 bits per heavy atom. The summed E-state index contributed by atoms with van der Waals surface area (Å²) in [6.45, 7) is 0. The Labute approximate surface area is 247 Å². The fourth-order valence-electron chi connectivity index (χ4n) is 6.84. The summed E-state index contributed by atoms with van der Waals surface area (Å²) in [7, 11) is 0. The number of hydrogen-bond acceptors (Lipinski definition) is 1. The average Bonchev–Trinajstić information content (AvgIpc) is 3.58. The van der Waals surface area contributed by atoms with Crippen LogP contribution < -0.4 is 0 Å². The van der Waals surface area contributed by atoms with Gasteiger partial charge < -0.3 is 4.57 Å². The van der Waals surface area contributed by atoms with E-state index in [0.717, 1.165) is 0 Å². The third-order valence-corrected chi connectivity index (χ3v) is 9.74. The Bertz CT molecular complexity index is 2390. The van der Waals surface area contributed by atoms with Gasteiger partial charge in [0.15, 0.2) is 0 Å². The second-order valence-corrected chi connectivity index (χ2v) is 11.9. The summed E-state index contributed by atoms with van der Waals surface area (Å²) < 4.78 is 3.76. The van der Waals surface area contributed by atoms with Crippen LogP contribution in [0.3, 0.4) is 0 Å². The standard InChI is InChI=1S/C40H25NS/c1-3-13-26(14-4-1)37-29-17-7-9-19-31(29)38(32-20-10-8-18-30(32)37)27-23-24-35-34(25-27)39-33-21-11-12-22-36(33)42-40(39)41(35)28-15-5-2-6-16-28/h1-25H. The minimum atomic E-state index is 1.19. The van der Waals surface area contributed by atoms with Crippen LogP contribution in [0.1, 0.15) is 0 Å². The first-order chi connectivity index (χ1) is 20.9. The molecule has 9 rings (SSSR count). The van der Waals surface area contributed by atoms with Crippen molar-refractivity contribution in [2.24, 2.45) is 0 Å². The van der Waals surface area contributed by atoms with Crippen molar-refractivity contribution < 1.29 is 0 Å². The molecule has 0 atom stereocenters. The fourth-order valence-corrected chi connectivity index (χ4v) is 8.09. The zero-order valence-corrected chi connectivity index (χ0v) is 23.6. The highest BCUT2D eigenvalue weighted by atomic mass is 32.1.